The van der Waals surface area contributed by atoms with Crippen LogP contribution in [-0.2, 0) is 11.3 Å². The molecule has 1 heterocycles. The Kier molecular flexibility index (Phi) is 6.52. The molecule has 0 amide bonds. The summed E-state index contributed by atoms with van der Waals surface area (Å²) in [6.07, 6.45) is 7.42. The minimum Gasteiger partial charge on any atom is -0.396 e. The van der Waals surface area contributed by atoms with Gasteiger partial charge < -0.3 is 20.1 Å². The van der Waals surface area contributed by atoms with Crippen LogP contribution in [-0.4, -0.2) is 44.6 Å². The molecule has 1 saturated heterocycles. The number of anilines is 1. The van der Waals surface area contributed by atoms with Crippen LogP contribution >= 0.6 is 0 Å². The van der Waals surface area contributed by atoms with E-state index in [1.54, 1.807) is 0 Å². The number of nitrogens with one attached hydrogen (secondary N) is 1. The van der Waals surface area contributed by atoms with E-state index in [0.29, 0.717) is 12.0 Å². The molecule has 2 fully saturated rings. The van der Waals surface area contributed by atoms with Crippen LogP contribution in [0.1, 0.15) is 44.1 Å². The topological polar surface area (TPSA) is 44.7 Å². The van der Waals surface area contributed by atoms with Crippen molar-refractivity contribution in [2.45, 2.75) is 45.1 Å². The molecule has 1 aliphatic heterocycles. The van der Waals surface area contributed by atoms with E-state index in [4.69, 9.17) is 4.74 Å². The van der Waals surface area contributed by atoms with E-state index in [-0.39, 0.29) is 0 Å². The second kappa shape index (κ2) is 8.84. The summed E-state index contributed by atoms with van der Waals surface area (Å²) in [6.45, 7) is 5.83. The molecule has 4 heteroatoms. The van der Waals surface area contributed by atoms with Crippen LogP contribution in [0.15, 0.2) is 24.3 Å². The summed E-state index contributed by atoms with van der Waals surface area (Å²) in [5.74, 6) is 0. The molecule has 134 valence electrons. The van der Waals surface area contributed by atoms with Crippen molar-refractivity contribution in [1.82, 2.24) is 5.32 Å². The Morgan fingerprint density at radius 1 is 1.08 bits per heavy atom. The molecule has 1 aromatic rings. The monoisotopic (exact) mass is 332 g/mol. The molecule has 0 aromatic heterocycles. The fourth-order valence-electron chi connectivity index (χ4n) is 4.29. The molecule has 0 radical (unpaired) electrons. The first-order valence-corrected chi connectivity index (χ1v) is 9.55. The summed E-state index contributed by atoms with van der Waals surface area (Å²) in [4.78, 5) is 2.44. The Balaban J connectivity index is 1.59. The number of benzene rings is 1. The van der Waals surface area contributed by atoms with Gasteiger partial charge in [0.25, 0.3) is 0 Å². The molecule has 0 bridgehead atoms. The number of aliphatic hydroxyl groups is 1. The molecular formula is C20H32N2O2. The number of morpholine rings is 1. The average Bonchev–Trinajstić information content (AvgIpc) is 2.64. The van der Waals surface area contributed by atoms with E-state index in [0.717, 1.165) is 45.8 Å². The van der Waals surface area contributed by atoms with Crippen molar-refractivity contribution >= 4 is 5.69 Å². The van der Waals surface area contributed by atoms with Crippen LogP contribution in [0, 0.1) is 5.41 Å². The van der Waals surface area contributed by atoms with Gasteiger partial charge >= 0.3 is 0 Å². The largest absolute Gasteiger partial charge is 0.396 e. The van der Waals surface area contributed by atoms with Gasteiger partial charge in [-0.25, -0.2) is 0 Å². The zero-order chi connectivity index (χ0) is 16.7. The van der Waals surface area contributed by atoms with Crippen LogP contribution in [0.3, 0.4) is 0 Å². The fourth-order valence-corrected chi connectivity index (χ4v) is 4.29. The van der Waals surface area contributed by atoms with Crippen molar-refractivity contribution in [2.75, 3.05) is 44.4 Å². The van der Waals surface area contributed by atoms with Gasteiger partial charge in [-0.05, 0) is 36.3 Å². The molecule has 24 heavy (non-hydrogen) atoms. The van der Waals surface area contributed by atoms with Gasteiger partial charge in [-0.15, -0.1) is 0 Å². The van der Waals surface area contributed by atoms with Crippen molar-refractivity contribution < 1.29 is 9.84 Å². The second-order valence-electron chi connectivity index (χ2n) is 7.37. The molecule has 1 aromatic carbocycles. The predicted octanol–water partition coefficient (Wildman–Crippen LogP) is 2.95. The quantitative estimate of drug-likeness (QED) is 0.806. The lowest BCUT2D eigenvalue weighted by Gasteiger charge is -2.37. The average molecular weight is 332 g/mol. The number of hydrogen-bond donors (Lipinski definition) is 2. The summed E-state index contributed by atoms with van der Waals surface area (Å²) in [5.41, 5.74) is 3.02. The Morgan fingerprint density at radius 2 is 1.83 bits per heavy atom. The third-order valence-corrected chi connectivity index (χ3v) is 5.72. The smallest absolute Gasteiger partial charge is 0.0642 e. The molecule has 4 nitrogen and oxygen atoms in total. The highest BCUT2D eigenvalue weighted by atomic mass is 16.5. The number of ether oxygens (including phenoxy) is 1. The highest BCUT2D eigenvalue weighted by Crippen LogP contribution is 2.38. The van der Waals surface area contributed by atoms with Gasteiger partial charge in [-0.1, -0.05) is 37.5 Å². The van der Waals surface area contributed by atoms with Gasteiger partial charge in [-0.2, -0.15) is 0 Å². The SMILES string of the molecule is OCCC1(CNCc2ccccc2N2CCOCC2)CCCCC1. The summed E-state index contributed by atoms with van der Waals surface area (Å²) in [7, 11) is 0. The van der Waals surface area contributed by atoms with Crippen molar-refractivity contribution in [1.29, 1.82) is 0 Å². The third-order valence-electron chi connectivity index (χ3n) is 5.72. The lowest BCUT2D eigenvalue weighted by atomic mass is 9.72. The first kappa shape index (κ1) is 17.7. The summed E-state index contributed by atoms with van der Waals surface area (Å²) >= 11 is 0. The van der Waals surface area contributed by atoms with Crippen molar-refractivity contribution in [3.8, 4) is 0 Å². The molecule has 0 unspecified atom stereocenters. The van der Waals surface area contributed by atoms with E-state index in [1.165, 1.54) is 43.4 Å². The van der Waals surface area contributed by atoms with E-state index < -0.39 is 0 Å². The van der Waals surface area contributed by atoms with Gasteiger partial charge in [0, 0.05) is 38.5 Å². The predicted molar refractivity (Wildman–Crippen MR) is 98.4 cm³/mol. The van der Waals surface area contributed by atoms with E-state index in [1.807, 2.05) is 0 Å². The summed E-state index contributed by atoms with van der Waals surface area (Å²) in [5, 5.41) is 13.2. The fraction of sp³-hybridized carbons (Fsp3) is 0.700. The number of para-hydroxylation sites is 1. The zero-order valence-electron chi connectivity index (χ0n) is 14.8. The van der Waals surface area contributed by atoms with Crippen molar-refractivity contribution in [3.63, 3.8) is 0 Å². The van der Waals surface area contributed by atoms with Crippen molar-refractivity contribution in [3.05, 3.63) is 29.8 Å². The molecule has 0 atom stereocenters. The van der Waals surface area contributed by atoms with Crippen LogP contribution in [0.5, 0.6) is 0 Å². The number of hydrogen-bond acceptors (Lipinski definition) is 4. The lowest BCUT2D eigenvalue weighted by molar-refractivity contribution is 0.122. The first-order chi connectivity index (χ1) is 11.8. The van der Waals surface area contributed by atoms with Crippen LogP contribution < -0.4 is 10.2 Å². The van der Waals surface area contributed by atoms with Crippen LogP contribution in [0.25, 0.3) is 0 Å². The summed E-state index contributed by atoms with van der Waals surface area (Å²) in [6, 6.07) is 8.72. The maximum absolute atomic E-state index is 9.47. The summed E-state index contributed by atoms with van der Waals surface area (Å²) < 4.78 is 5.48. The van der Waals surface area contributed by atoms with Gasteiger partial charge in [0.2, 0.25) is 0 Å². The van der Waals surface area contributed by atoms with Gasteiger partial charge in [0.05, 0.1) is 13.2 Å². The Labute approximate surface area is 146 Å². The van der Waals surface area contributed by atoms with Crippen molar-refractivity contribution in [2.24, 2.45) is 5.41 Å². The second-order valence-corrected chi connectivity index (χ2v) is 7.37. The van der Waals surface area contributed by atoms with Gasteiger partial charge in [-0.3, -0.25) is 0 Å². The maximum atomic E-state index is 9.47. The Bertz CT molecular complexity index is 489. The molecule has 0 spiro atoms. The standard InChI is InChI=1S/C20H32N2O2/c23-13-10-20(8-4-1-5-9-20)17-21-16-18-6-2-3-7-19(18)22-11-14-24-15-12-22/h2-3,6-7,21,23H,1,4-5,8-17H2. The zero-order valence-corrected chi connectivity index (χ0v) is 14.8. The van der Waals surface area contributed by atoms with Crippen LogP contribution in [0.4, 0.5) is 5.69 Å². The number of rotatable bonds is 7. The minimum atomic E-state index is 0.306. The highest BCUT2D eigenvalue weighted by Gasteiger charge is 2.31. The van der Waals surface area contributed by atoms with Crippen LogP contribution in [0.2, 0.25) is 0 Å². The highest BCUT2D eigenvalue weighted by molar-refractivity contribution is 5.53. The first-order valence-electron chi connectivity index (χ1n) is 9.55. The van der Waals surface area contributed by atoms with E-state index in [2.05, 4.69) is 34.5 Å². The molecular weight excluding hydrogens is 300 g/mol. The lowest BCUT2D eigenvalue weighted by Crippen LogP contribution is -2.38. The number of nitrogens with zero attached hydrogens (tertiary/aromatic N) is 1. The number of aliphatic hydroxyl groups excluding tert-OH is 1. The Hall–Kier alpha value is -1.10. The van der Waals surface area contributed by atoms with E-state index >= 15 is 0 Å². The van der Waals surface area contributed by atoms with E-state index in [9.17, 15) is 5.11 Å². The molecule has 1 saturated carbocycles. The molecule has 2 aliphatic rings. The molecule has 1 aliphatic carbocycles. The third kappa shape index (κ3) is 4.50. The van der Waals surface area contributed by atoms with Gasteiger partial charge in [0.1, 0.15) is 0 Å². The Morgan fingerprint density at radius 3 is 2.58 bits per heavy atom. The normalized spacial score (nSPS) is 21.0. The minimum absolute atomic E-state index is 0.306. The maximum Gasteiger partial charge on any atom is 0.0642 e. The molecule has 3 rings (SSSR count). The molecule has 2 N–H and O–H groups in total. The van der Waals surface area contributed by atoms with Gasteiger partial charge in [0.15, 0.2) is 0 Å².